The average molecular weight is 476 g/mol. The van der Waals surface area contributed by atoms with Crippen molar-refractivity contribution >= 4 is 15.9 Å². The highest BCUT2D eigenvalue weighted by molar-refractivity contribution is 7.89. The molecule has 1 aromatic rings. The molecular weight excluding hydrogens is 443 g/mol. The Morgan fingerprint density at radius 3 is 2.34 bits per heavy atom. The van der Waals surface area contributed by atoms with E-state index in [0.717, 1.165) is 50.5 Å². The van der Waals surface area contributed by atoms with Gasteiger partial charge < -0.3 is 10.2 Å². The number of halogens is 3. The molecular formula is C22H32F3N3O3S. The third-order valence-corrected chi connectivity index (χ3v) is 7.98. The summed E-state index contributed by atoms with van der Waals surface area (Å²) in [5, 5.41) is 2.85. The first-order valence-corrected chi connectivity index (χ1v) is 12.8. The molecule has 2 N–H and O–H groups in total. The number of rotatable bonds is 7. The van der Waals surface area contributed by atoms with Crippen molar-refractivity contribution in [2.24, 2.45) is 5.92 Å². The van der Waals surface area contributed by atoms with Crippen molar-refractivity contribution in [2.45, 2.75) is 75.0 Å². The normalized spacial score (nSPS) is 20.8. The van der Waals surface area contributed by atoms with Crippen molar-refractivity contribution in [1.29, 1.82) is 0 Å². The Morgan fingerprint density at radius 1 is 1.09 bits per heavy atom. The Morgan fingerprint density at radius 2 is 1.72 bits per heavy atom. The lowest BCUT2D eigenvalue weighted by atomic mass is 9.88. The molecule has 0 aromatic heterocycles. The average Bonchev–Trinajstić information content (AvgIpc) is 2.75. The van der Waals surface area contributed by atoms with Crippen LogP contribution in [0.15, 0.2) is 29.2 Å². The first-order valence-electron chi connectivity index (χ1n) is 11.3. The van der Waals surface area contributed by atoms with Gasteiger partial charge in [-0.1, -0.05) is 31.4 Å². The molecule has 1 aromatic carbocycles. The van der Waals surface area contributed by atoms with Gasteiger partial charge in [0.05, 0.1) is 16.5 Å². The van der Waals surface area contributed by atoms with Crippen LogP contribution >= 0.6 is 0 Å². The molecule has 2 fully saturated rings. The van der Waals surface area contributed by atoms with E-state index >= 15 is 0 Å². The van der Waals surface area contributed by atoms with Gasteiger partial charge >= 0.3 is 6.18 Å². The van der Waals surface area contributed by atoms with E-state index in [-0.39, 0.29) is 6.04 Å². The molecule has 1 amide bonds. The number of hydrogen-bond acceptors (Lipinski definition) is 4. The predicted octanol–water partition coefficient (Wildman–Crippen LogP) is 3.53. The van der Waals surface area contributed by atoms with E-state index in [4.69, 9.17) is 0 Å². The molecule has 180 valence electrons. The molecule has 1 atom stereocenters. The predicted molar refractivity (Wildman–Crippen MR) is 115 cm³/mol. The van der Waals surface area contributed by atoms with Crippen LogP contribution in [0.25, 0.3) is 0 Å². The summed E-state index contributed by atoms with van der Waals surface area (Å²) < 4.78 is 66.7. The fourth-order valence-corrected chi connectivity index (χ4v) is 6.04. The number of alkyl halides is 3. The third kappa shape index (κ3) is 6.68. The molecule has 3 rings (SSSR count). The van der Waals surface area contributed by atoms with E-state index in [2.05, 4.69) is 14.9 Å². The van der Waals surface area contributed by atoms with Crippen LogP contribution in [0.5, 0.6) is 0 Å². The molecule has 1 aliphatic heterocycles. The zero-order valence-electron chi connectivity index (χ0n) is 18.3. The first kappa shape index (κ1) is 25.0. The fraction of sp³-hybridized carbons (Fsp3) is 0.682. The summed E-state index contributed by atoms with van der Waals surface area (Å²) in [6.45, 7) is 4.18. The van der Waals surface area contributed by atoms with Crippen LogP contribution in [-0.4, -0.2) is 50.9 Å². The van der Waals surface area contributed by atoms with Gasteiger partial charge in [0, 0.05) is 25.7 Å². The lowest BCUT2D eigenvalue weighted by Gasteiger charge is -2.35. The molecule has 0 radical (unpaired) electrons. The molecule has 0 spiro atoms. The molecule has 32 heavy (non-hydrogen) atoms. The summed E-state index contributed by atoms with van der Waals surface area (Å²) in [7, 11) is -4.52. The smallest absolute Gasteiger partial charge is 0.352 e. The number of carbonyl (C=O) groups is 1. The molecule has 10 heteroatoms. The summed E-state index contributed by atoms with van der Waals surface area (Å²) in [4.78, 5) is 14.1. The summed E-state index contributed by atoms with van der Waals surface area (Å²) in [6.07, 6.45) is 3.23. The van der Waals surface area contributed by atoms with Gasteiger partial charge in [-0.15, -0.1) is 0 Å². The second kappa shape index (κ2) is 10.5. The second-order valence-electron chi connectivity index (χ2n) is 8.92. The molecule has 0 unspecified atom stereocenters. The SMILES string of the molecule is C[C@H](NS(=O)(=O)c1ccccc1C(F)(F)F)C(=O)NC1CCN(CC2CCCCC2)CC1. The number of piperidine rings is 1. The van der Waals surface area contributed by atoms with Crippen molar-refractivity contribution in [1.82, 2.24) is 14.9 Å². The van der Waals surface area contributed by atoms with Crippen LogP contribution in [-0.2, 0) is 21.0 Å². The summed E-state index contributed by atoms with van der Waals surface area (Å²) in [6, 6.07) is 2.67. The lowest BCUT2D eigenvalue weighted by Crippen LogP contribution is -2.51. The van der Waals surface area contributed by atoms with Crippen molar-refractivity contribution in [3.8, 4) is 0 Å². The van der Waals surface area contributed by atoms with Crippen molar-refractivity contribution in [2.75, 3.05) is 19.6 Å². The zero-order valence-corrected chi connectivity index (χ0v) is 19.1. The zero-order chi connectivity index (χ0) is 23.4. The minimum absolute atomic E-state index is 0.0699. The van der Waals surface area contributed by atoms with Gasteiger partial charge in [-0.25, -0.2) is 8.42 Å². The van der Waals surface area contributed by atoms with Crippen LogP contribution in [0.4, 0.5) is 13.2 Å². The van der Waals surface area contributed by atoms with Crippen LogP contribution in [0.2, 0.25) is 0 Å². The molecule has 2 aliphatic rings. The molecule has 1 heterocycles. The molecule has 1 saturated carbocycles. The largest absolute Gasteiger partial charge is 0.417 e. The van der Waals surface area contributed by atoms with Gasteiger partial charge in [-0.05, 0) is 50.7 Å². The van der Waals surface area contributed by atoms with E-state index in [9.17, 15) is 26.4 Å². The first-order chi connectivity index (χ1) is 15.1. The molecule has 0 bridgehead atoms. The fourth-order valence-electron chi connectivity index (χ4n) is 4.61. The maximum absolute atomic E-state index is 13.2. The number of nitrogens with zero attached hydrogens (tertiary/aromatic N) is 1. The van der Waals surface area contributed by atoms with E-state index in [1.54, 1.807) is 0 Å². The molecule has 1 saturated heterocycles. The Balaban J connectivity index is 1.51. The number of sulfonamides is 1. The van der Waals surface area contributed by atoms with Gasteiger partial charge in [0.2, 0.25) is 15.9 Å². The quantitative estimate of drug-likeness (QED) is 0.633. The molecule has 1 aliphatic carbocycles. The number of nitrogens with one attached hydrogen (secondary N) is 2. The Kier molecular flexibility index (Phi) is 8.21. The summed E-state index contributed by atoms with van der Waals surface area (Å²) >= 11 is 0. The van der Waals surface area contributed by atoms with Gasteiger partial charge in [0.25, 0.3) is 0 Å². The minimum atomic E-state index is -4.82. The Bertz CT molecular complexity index is 878. The highest BCUT2D eigenvalue weighted by Gasteiger charge is 2.37. The van der Waals surface area contributed by atoms with Crippen LogP contribution in [0, 0.1) is 5.92 Å². The standard InChI is InChI=1S/C22H32F3N3O3S/c1-16(27-32(30,31)20-10-6-5-9-19(20)22(23,24)25)21(29)26-18-11-13-28(14-12-18)15-17-7-3-2-4-8-17/h5-6,9-10,16-18,27H,2-4,7-8,11-15H2,1H3,(H,26,29)/t16-/m0/s1. The van der Waals surface area contributed by atoms with Crippen molar-refractivity contribution < 1.29 is 26.4 Å². The number of likely N-dealkylation sites (tertiary alicyclic amines) is 1. The second-order valence-corrected chi connectivity index (χ2v) is 10.6. The highest BCUT2D eigenvalue weighted by Crippen LogP contribution is 2.34. The third-order valence-electron chi connectivity index (χ3n) is 6.38. The summed E-state index contributed by atoms with van der Waals surface area (Å²) in [5.74, 6) is 0.215. The van der Waals surface area contributed by atoms with Crippen molar-refractivity contribution in [3.63, 3.8) is 0 Å². The number of carbonyl (C=O) groups excluding carboxylic acids is 1. The van der Waals surface area contributed by atoms with Gasteiger partial charge in [-0.3, -0.25) is 4.79 Å². The lowest BCUT2D eigenvalue weighted by molar-refractivity contribution is -0.139. The van der Waals surface area contributed by atoms with Crippen LogP contribution < -0.4 is 10.0 Å². The number of amides is 1. The Hall–Kier alpha value is -1.65. The van der Waals surface area contributed by atoms with Crippen LogP contribution in [0.3, 0.4) is 0 Å². The van der Waals surface area contributed by atoms with Crippen LogP contribution in [0.1, 0.15) is 57.4 Å². The van der Waals surface area contributed by atoms with Crippen molar-refractivity contribution in [3.05, 3.63) is 29.8 Å². The van der Waals surface area contributed by atoms with Gasteiger partial charge in [0.15, 0.2) is 0 Å². The van der Waals surface area contributed by atoms with E-state index in [1.807, 2.05) is 0 Å². The molecule has 6 nitrogen and oxygen atoms in total. The monoisotopic (exact) mass is 475 g/mol. The minimum Gasteiger partial charge on any atom is -0.352 e. The van der Waals surface area contributed by atoms with Gasteiger partial charge in [0.1, 0.15) is 0 Å². The van der Waals surface area contributed by atoms with E-state index in [1.165, 1.54) is 45.1 Å². The maximum atomic E-state index is 13.2. The van der Waals surface area contributed by atoms with Gasteiger partial charge in [-0.2, -0.15) is 17.9 Å². The highest BCUT2D eigenvalue weighted by atomic mass is 32.2. The topological polar surface area (TPSA) is 78.5 Å². The summed E-state index contributed by atoms with van der Waals surface area (Å²) in [5.41, 5.74) is -1.26. The Labute approximate surface area is 188 Å². The number of hydrogen-bond donors (Lipinski definition) is 2. The number of benzene rings is 1. The maximum Gasteiger partial charge on any atom is 0.417 e. The van der Waals surface area contributed by atoms with E-state index < -0.39 is 38.6 Å². The van der Waals surface area contributed by atoms with E-state index in [0.29, 0.717) is 6.07 Å².